The number of hydrogen-bond acceptors (Lipinski definition) is 7. The van der Waals surface area contributed by atoms with Gasteiger partial charge in [-0.1, -0.05) is 6.08 Å². The summed E-state index contributed by atoms with van der Waals surface area (Å²) < 4.78 is 26.0. The van der Waals surface area contributed by atoms with Gasteiger partial charge in [0.25, 0.3) is 0 Å². The van der Waals surface area contributed by atoms with Gasteiger partial charge < -0.3 is 20.1 Å². The van der Waals surface area contributed by atoms with Crippen LogP contribution in [0.4, 0.5) is 15.8 Å². The number of hydrogen-bond donors (Lipinski definition) is 2. The van der Waals surface area contributed by atoms with Gasteiger partial charge in [0.05, 0.1) is 23.7 Å². The van der Waals surface area contributed by atoms with Crippen LogP contribution < -0.4 is 20.1 Å². The average Bonchev–Trinajstić information content (AvgIpc) is 3.39. The zero-order valence-electron chi connectivity index (χ0n) is 20.3. The molecular formula is C27H25FN4O4S. The molecule has 0 bridgehead atoms. The lowest BCUT2D eigenvalue weighted by molar-refractivity contribution is -0.116. The van der Waals surface area contributed by atoms with E-state index >= 15 is 0 Å². The number of allylic oxidation sites excluding steroid dienone is 1. The molecule has 4 rings (SSSR count). The van der Waals surface area contributed by atoms with Crippen molar-refractivity contribution in [3.8, 4) is 17.4 Å². The van der Waals surface area contributed by atoms with Crippen LogP contribution in [0.1, 0.15) is 25.3 Å². The first-order valence-corrected chi connectivity index (χ1v) is 12.5. The fourth-order valence-electron chi connectivity index (χ4n) is 3.61. The monoisotopic (exact) mass is 520 g/mol. The Bertz CT molecular complexity index is 1440. The van der Waals surface area contributed by atoms with Crippen molar-refractivity contribution in [2.45, 2.75) is 26.2 Å². The van der Waals surface area contributed by atoms with E-state index < -0.39 is 5.82 Å². The Hall–Kier alpha value is -4.31. The maximum atomic E-state index is 14.9. The van der Waals surface area contributed by atoms with Crippen LogP contribution in [0.2, 0.25) is 0 Å². The van der Waals surface area contributed by atoms with E-state index in [1.165, 1.54) is 37.2 Å². The van der Waals surface area contributed by atoms with E-state index in [9.17, 15) is 14.0 Å². The van der Waals surface area contributed by atoms with Crippen LogP contribution in [0, 0.1) is 5.82 Å². The van der Waals surface area contributed by atoms with Gasteiger partial charge in [-0.3, -0.25) is 9.59 Å². The molecule has 0 saturated carbocycles. The highest BCUT2D eigenvalue weighted by Crippen LogP contribution is 2.35. The van der Waals surface area contributed by atoms with Gasteiger partial charge >= 0.3 is 0 Å². The van der Waals surface area contributed by atoms with Gasteiger partial charge in [0.15, 0.2) is 11.6 Å². The fraction of sp³-hybridized carbons (Fsp3) is 0.185. The lowest BCUT2D eigenvalue weighted by Gasteiger charge is -2.13. The van der Waals surface area contributed by atoms with Crippen molar-refractivity contribution in [2.75, 3.05) is 17.7 Å². The molecule has 0 radical (unpaired) electrons. The number of ether oxygens (including phenoxy) is 2. The third-order valence-corrected chi connectivity index (χ3v) is 6.10. The molecule has 0 aliphatic rings. The quantitative estimate of drug-likeness (QED) is 0.245. The number of rotatable bonds is 10. The molecule has 8 nitrogen and oxygen atoms in total. The number of amides is 2. The number of aromatic nitrogens is 2. The van der Waals surface area contributed by atoms with Crippen LogP contribution in [0.3, 0.4) is 0 Å². The summed E-state index contributed by atoms with van der Waals surface area (Å²) in [7, 11) is 1.48. The van der Waals surface area contributed by atoms with Gasteiger partial charge in [-0.15, -0.1) is 0 Å². The number of halogens is 1. The summed E-state index contributed by atoms with van der Waals surface area (Å²) in [4.78, 5) is 32.7. The largest absolute Gasteiger partial charge is 0.494 e. The van der Waals surface area contributed by atoms with E-state index in [1.54, 1.807) is 42.5 Å². The maximum Gasteiger partial charge on any atom is 0.248 e. The standard InChI is InChI=1S/C27H25FN4O4S/c1-3-5-25(33)32-22-13-19-21(14-24(22)35-2)29-16-30-27(19)36-23-9-8-18(12-20(23)28)31-26(34)7-4-6-17-10-11-37-15-17/h3,5,8-16H,4,6-7H2,1-2H3,(H,31,34)(H,32,33)/b5-3+. The van der Waals surface area contributed by atoms with Crippen LogP contribution in [-0.4, -0.2) is 28.9 Å². The second-order valence-electron chi connectivity index (χ2n) is 8.02. The maximum absolute atomic E-state index is 14.9. The first-order chi connectivity index (χ1) is 18.0. The summed E-state index contributed by atoms with van der Waals surface area (Å²) >= 11 is 1.62. The van der Waals surface area contributed by atoms with Crippen molar-refractivity contribution in [1.29, 1.82) is 0 Å². The molecule has 2 heterocycles. The predicted molar refractivity (Wildman–Crippen MR) is 142 cm³/mol. The van der Waals surface area contributed by atoms with Gasteiger partial charge in [-0.05, 0) is 66.4 Å². The summed E-state index contributed by atoms with van der Waals surface area (Å²) in [5.74, 6) is -0.778. The molecule has 0 spiro atoms. The number of carbonyl (C=O) groups excluding carboxylic acids is 2. The Morgan fingerprint density at radius 3 is 2.70 bits per heavy atom. The zero-order chi connectivity index (χ0) is 26.2. The van der Waals surface area contributed by atoms with E-state index in [2.05, 4.69) is 26.0 Å². The lowest BCUT2D eigenvalue weighted by Crippen LogP contribution is -2.11. The van der Waals surface area contributed by atoms with Crippen LogP contribution in [-0.2, 0) is 16.0 Å². The number of aryl methyl sites for hydroxylation is 1. The van der Waals surface area contributed by atoms with Crippen molar-refractivity contribution < 1.29 is 23.5 Å². The number of methoxy groups -OCH3 is 1. The molecule has 4 aromatic rings. The van der Waals surface area contributed by atoms with Crippen molar-refractivity contribution in [2.24, 2.45) is 0 Å². The molecule has 2 N–H and O–H groups in total. The van der Waals surface area contributed by atoms with E-state index in [1.807, 2.05) is 11.4 Å². The van der Waals surface area contributed by atoms with Gasteiger partial charge in [0.2, 0.25) is 17.7 Å². The third-order valence-electron chi connectivity index (χ3n) is 5.37. The van der Waals surface area contributed by atoms with Crippen LogP contribution in [0.5, 0.6) is 17.4 Å². The number of benzene rings is 2. The number of anilines is 2. The Morgan fingerprint density at radius 1 is 1.11 bits per heavy atom. The van der Waals surface area contributed by atoms with Crippen LogP contribution >= 0.6 is 11.3 Å². The molecular weight excluding hydrogens is 495 g/mol. The van der Waals surface area contributed by atoms with Crippen molar-refractivity contribution in [1.82, 2.24) is 9.97 Å². The number of thiophene rings is 1. The lowest BCUT2D eigenvalue weighted by atomic mass is 10.1. The van der Waals surface area contributed by atoms with E-state index in [4.69, 9.17) is 9.47 Å². The van der Waals surface area contributed by atoms with E-state index in [0.717, 1.165) is 6.42 Å². The summed E-state index contributed by atoms with van der Waals surface area (Å²) in [6.07, 6.45) is 6.13. The molecule has 0 unspecified atom stereocenters. The molecule has 10 heteroatoms. The molecule has 2 aromatic carbocycles. The van der Waals surface area contributed by atoms with Gasteiger partial charge in [0.1, 0.15) is 12.1 Å². The highest BCUT2D eigenvalue weighted by molar-refractivity contribution is 7.07. The minimum atomic E-state index is -0.669. The Kier molecular flexibility index (Phi) is 8.42. The van der Waals surface area contributed by atoms with E-state index in [0.29, 0.717) is 40.9 Å². The molecule has 0 saturated heterocycles. The molecule has 0 aliphatic carbocycles. The fourth-order valence-corrected chi connectivity index (χ4v) is 4.31. The normalized spacial score (nSPS) is 11.0. The zero-order valence-corrected chi connectivity index (χ0v) is 21.1. The second-order valence-corrected chi connectivity index (χ2v) is 8.80. The summed E-state index contributed by atoms with van der Waals surface area (Å²) in [6.45, 7) is 1.73. The van der Waals surface area contributed by atoms with Crippen molar-refractivity contribution in [3.63, 3.8) is 0 Å². The Labute approximate surface area is 217 Å². The number of fused-ring (bicyclic) bond motifs is 1. The van der Waals surface area contributed by atoms with Crippen LogP contribution in [0.25, 0.3) is 10.9 Å². The summed E-state index contributed by atoms with van der Waals surface area (Å²) in [6, 6.07) is 9.44. The number of carbonyl (C=O) groups is 2. The topological polar surface area (TPSA) is 102 Å². The second kappa shape index (κ2) is 12.1. The minimum Gasteiger partial charge on any atom is -0.494 e. The molecule has 0 fully saturated rings. The first-order valence-electron chi connectivity index (χ1n) is 11.5. The Morgan fingerprint density at radius 2 is 1.97 bits per heavy atom. The molecule has 2 amide bonds. The third kappa shape index (κ3) is 6.68. The smallest absolute Gasteiger partial charge is 0.248 e. The number of nitrogens with one attached hydrogen (secondary N) is 2. The van der Waals surface area contributed by atoms with Crippen molar-refractivity contribution >= 4 is 45.4 Å². The van der Waals surface area contributed by atoms with Gasteiger partial charge in [-0.2, -0.15) is 11.3 Å². The van der Waals surface area contributed by atoms with Gasteiger partial charge in [0, 0.05) is 24.2 Å². The average molecular weight is 521 g/mol. The van der Waals surface area contributed by atoms with Gasteiger partial charge in [-0.25, -0.2) is 14.4 Å². The van der Waals surface area contributed by atoms with Crippen LogP contribution in [0.15, 0.2) is 65.6 Å². The highest BCUT2D eigenvalue weighted by Gasteiger charge is 2.15. The Balaban J connectivity index is 1.48. The van der Waals surface area contributed by atoms with Crippen molar-refractivity contribution in [3.05, 3.63) is 77.0 Å². The first kappa shape index (κ1) is 25.8. The minimum absolute atomic E-state index is 0.0780. The molecule has 0 aliphatic heterocycles. The molecule has 2 aromatic heterocycles. The molecule has 0 atom stereocenters. The summed E-state index contributed by atoms with van der Waals surface area (Å²) in [5.41, 5.74) is 2.40. The highest BCUT2D eigenvalue weighted by atomic mass is 32.1. The predicted octanol–water partition coefficient (Wildman–Crippen LogP) is 6.11. The number of nitrogens with zero attached hydrogens (tertiary/aromatic N) is 2. The summed E-state index contributed by atoms with van der Waals surface area (Å²) in [5, 5.41) is 9.95. The SMILES string of the molecule is C/C=C/C(=O)Nc1cc2c(Oc3ccc(NC(=O)CCCc4ccsc4)cc3F)ncnc2cc1OC. The molecule has 37 heavy (non-hydrogen) atoms. The van der Waals surface area contributed by atoms with E-state index in [-0.39, 0.29) is 23.4 Å². The molecule has 190 valence electrons.